The number of carbonyl (C=O) groups excluding carboxylic acids is 2. The number of hydrogen-bond acceptors (Lipinski definition) is 3. The Hall–Kier alpha value is -2.73. The highest BCUT2D eigenvalue weighted by molar-refractivity contribution is 5.78. The van der Waals surface area contributed by atoms with Crippen LogP contribution in [-0.2, 0) is 22.7 Å². The molecule has 1 fully saturated rings. The van der Waals surface area contributed by atoms with Gasteiger partial charge in [0.15, 0.2) is 0 Å². The van der Waals surface area contributed by atoms with Crippen molar-refractivity contribution in [2.45, 2.75) is 26.4 Å². The maximum atomic E-state index is 13.1. The monoisotopic (exact) mass is 397 g/mol. The van der Waals surface area contributed by atoms with Crippen LogP contribution >= 0.6 is 0 Å². The van der Waals surface area contributed by atoms with Crippen molar-refractivity contribution in [3.8, 4) is 0 Å². The quantitative estimate of drug-likeness (QED) is 0.722. The summed E-state index contributed by atoms with van der Waals surface area (Å²) in [6.07, 6.45) is 0.305. The fourth-order valence-corrected chi connectivity index (χ4v) is 3.54. The molecule has 0 radical (unpaired) electrons. The van der Waals surface area contributed by atoms with Crippen LogP contribution in [0.4, 0.5) is 4.39 Å². The summed E-state index contributed by atoms with van der Waals surface area (Å²) in [6, 6.07) is 16.4. The summed E-state index contributed by atoms with van der Waals surface area (Å²) in [5, 5.41) is 0. The van der Waals surface area contributed by atoms with Gasteiger partial charge in [-0.1, -0.05) is 42.5 Å². The van der Waals surface area contributed by atoms with Crippen LogP contribution in [0.25, 0.3) is 0 Å². The van der Waals surface area contributed by atoms with Gasteiger partial charge in [-0.15, -0.1) is 0 Å². The molecule has 0 N–H and O–H groups in total. The molecule has 0 bridgehead atoms. The molecule has 1 heterocycles. The molecule has 2 amide bonds. The smallest absolute Gasteiger partial charge is 0.224 e. The molecule has 5 nitrogen and oxygen atoms in total. The van der Waals surface area contributed by atoms with Crippen molar-refractivity contribution in [2.75, 3.05) is 32.7 Å². The SMILES string of the molecule is CC(=O)N(CCC(=O)N1CCN(Cc2ccccc2)CC1)Cc1ccc(F)cc1. The minimum Gasteiger partial charge on any atom is -0.340 e. The number of piperazine rings is 1. The fraction of sp³-hybridized carbons (Fsp3) is 0.391. The third kappa shape index (κ3) is 6.39. The Morgan fingerprint density at radius 3 is 2.21 bits per heavy atom. The van der Waals surface area contributed by atoms with Gasteiger partial charge in [0.25, 0.3) is 0 Å². The van der Waals surface area contributed by atoms with Gasteiger partial charge in [-0.05, 0) is 23.3 Å². The Labute approximate surface area is 171 Å². The van der Waals surface area contributed by atoms with Crippen molar-refractivity contribution >= 4 is 11.8 Å². The highest BCUT2D eigenvalue weighted by Crippen LogP contribution is 2.11. The second-order valence-corrected chi connectivity index (χ2v) is 7.46. The number of nitrogens with zero attached hydrogens (tertiary/aromatic N) is 3. The lowest BCUT2D eigenvalue weighted by Gasteiger charge is -2.35. The number of benzene rings is 2. The van der Waals surface area contributed by atoms with Crippen molar-refractivity contribution in [2.24, 2.45) is 0 Å². The minimum atomic E-state index is -0.301. The molecule has 6 heteroatoms. The topological polar surface area (TPSA) is 43.9 Å². The average molecular weight is 397 g/mol. The summed E-state index contributed by atoms with van der Waals surface area (Å²) in [6.45, 7) is 6.28. The van der Waals surface area contributed by atoms with E-state index in [1.54, 1.807) is 17.0 Å². The van der Waals surface area contributed by atoms with Gasteiger partial charge < -0.3 is 9.80 Å². The summed E-state index contributed by atoms with van der Waals surface area (Å²) in [5.41, 5.74) is 2.13. The number of hydrogen-bond donors (Lipinski definition) is 0. The number of carbonyl (C=O) groups is 2. The van der Waals surface area contributed by atoms with Gasteiger partial charge in [0, 0.05) is 59.2 Å². The van der Waals surface area contributed by atoms with Crippen molar-refractivity contribution in [3.63, 3.8) is 0 Å². The molecule has 0 atom stereocenters. The standard InChI is InChI=1S/C23H28FN3O2/c1-19(28)27(18-21-7-9-22(24)10-8-21)12-11-23(29)26-15-13-25(14-16-26)17-20-5-3-2-4-6-20/h2-10H,11-18H2,1H3. The molecule has 3 rings (SSSR count). The second kappa shape index (κ2) is 10.2. The van der Waals surface area contributed by atoms with Gasteiger partial charge in [-0.2, -0.15) is 0 Å². The molecule has 1 saturated heterocycles. The molecule has 0 spiro atoms. The summed E-state index contributed by atoms with van der Waals surface area (Å²) >= 11 is 0. The van der Waals surface area contributed by atoms with Crippen LogP contribution in [-0.4, -0.2) is 59.2 Å². The Morgan fingerprint density at radius 2 is 1.59 bits per heavy atom. The Morgan fingerprint density at radius 1 is 0.931 bits per heavy atom. The van der Waals surface area contributed by atoms with E-state index in [0.29, 0.717) is 32.6 Å². The third-order valence-electron chi connectivity index (χ3n) is 5.30. The average Bonchev–Trinajstić information content (AvgIpc) is 2.73. The number of amides is 2. The van der Waals surface area contributed by atoms with Crippen LogP contribution in [0, 0.1) is 5.82 Å². The van der Waals surface area contributed by atoms with Gasteiger partial charge in [-0.3, -0.25) is 14.5 Å². The van der Waals surface area contributed by atoms with E-state index in [1.807, 2.05) is 23.1 Å². The van der Waals surface area contributed by atoms with E-state index in [9.17, 15) is 14.0 Å². The molecule has 1 aliphatic rings. The van der Waals surface area contributed by atoms with Crippen LogP contribution in [0.2, 0.25) is 0 Å². The molecule has 0 unspecified atom stereocenters. The first-order valence-electron chi connectivity index (χ1n) is 10.1. The molecule has 0 saturated carbocycles. The highest BCUT2D eigenvalue weighted by Gasteiger charge is 2.22. The van der Waals surface area contributed by atoms with Crippen LogP contribution in [0.15, 0.2) is 54.6 Å². The van der Waals surface area contributed by atoms with E-state index in [2.05, 4.69) is 17.0 Å². The zero-order chi connectivity index (χ0) is 20.6. The van der Waals surface area contributed by atoms with Gasteiger partial charge in [0.1, 0.15) is 5.82 Å². The second-order valence-electron chi connectivity index (χ2n) is 7.46. The zero-order valence-corrected chi connectivity index (χ0v) is 16.9. The van der Waals surface area contributed by atoms with Crippen LogP contribution < -0.4 is 0 Å². The van der Waals surface area contributed by atoms with Crippen LogP contribution in [0.1, 0.15) is 24.5 Å². The summed E-state index contributed by atoms with van der Waals surface area (Å²) < 4.78 is 13.1. The lowest BCUT2D eigenvalue weighted by atomic mass is 10.2. The maximum Gasteiger partial charge on any atom is 0.224 e. The molecule has 0 aliphatic carbocycles. The van der Waals surface area contributed by atoms with Gasteiger partial charge in [-0.25, -0.2) is 4.39 Å². The first-order chi connectivity index (χ1) is 14.0. The molecular formula is C23H28FN3O2. The predicted octanol–water partition coefficient (Wildman–Crippen LogP) is 2.91. The van der Waals surface area contributed by atoms with Gasteiger partial charge >= 0.3 is 0 Å². The Kier molecular flexibility index (Phi) is 7.36. The first-order valence-corrected chi connectivity index (χ1v) is 10.1. The van der Waals surface area contributed by atoms with E-state index < -0.39 is 0 Å². The first kappa shape index (κ1) is 21.0. The van der Waals surface area contributed by atoms with E-state index in [-0.39, 0.29) is 17.6 Å². The Balaban J connectivity index is 1.44. The van der Waals surface area contributed by atoms with Crippen molar-refractivity contribution in [1.82, 2.24) is 14.7 Å². The van der Waals surface area contributed by atoms with Gasteiger partial charge in [0.2, 0.25) is 11.8 Å². The lowest BCUT2D eigenvalue weighted by Crippen LogP contribution is -2.48. The molecule has 1 aliphatic heterocycles. The summed E-state index contributed by atoms with van der Waals surface area (Å²) in [7, 11) is 0. The summed E-state index contributed by atoms with van der Waals surface area (Å²) in [4.78, 5) is 30.4. The zero-order valence-electron chi connectivity index (χ0n) is 16.9. The number of rotatable bonds is 7. The molecule has 0 aromatic heterocycles. The van der Waals surface area contributed by atoms with E-state index in [4.69, 9.17) is 0 Å². The molecule has 2 aromatic rings. The lowest BCUT2D eigenvalue weighted by molar-refractivity contribution is -0.135. The predicted molar refractivity (Wildman–Crippen MR) is 110 cm³/mol. The van der Waals surface area contributed by atoms with Crippen LogP contribution in [0.5, 0.6) is 0 Å². The minimum absolute atomic E-state index is 0.0784. The van der Waals surface area contributed by atoms with E-state index in [0.717, 1.165) is 25.2 Å². The van der Waals surface area contributed by atoms with Crippen LogP contribution in [0.3, 0.4) is 0 Å². The molecule has 2 aromatic carbocycles. The molecule has 154 valence electrons. The number of halogens is 1. The van der Waals surface area contributed by atoms with E-state index >= 15 is 0 Å². The molecule has 29 heavy (non-hydrogen) atoms. The van der Waals surface area contributed by atoms with Crippen molar-refractivity contribution in [1.29, 1.82) is 0 Å². The maximum absolute atomic E-state index is 13.1. The summed E-state index contributed by atoms with van der Waals surface area (Å²) in [5.74, 6) is -0.311. The third-order valence-corrected chi connectivity index (χ3v) is 5.30. The largest absolute Gasteiger partial charge is 0.340 e. The fourth-order valence-electron chi connectivity index (χ4n) is 3.54. The van der Waals surface area contributed by atoms with Gasteiger partial charge in [0.05, 0.1) is 0 Å². The Bertz CT molecular complexity index is 803. The van der Waals surface area contributed by atoms with Crippen molar-refractivity contribution < 1.29 is 14.0 Å². The molecular weight excluding hydrogens is 369 g/mol. The van der Waals surface area contributed by atoms with E-state index in [1.165, 1.54) is 24.6 Å². The van der Waals surface area contributed by atoms with Crippen molar-refractivity contribution in [3.05, 3.63) is 71.5 Å². The normalized spacial score (nSPS) is 14.6. The highest BCUT2D eigenvalue weighted by atomic mass is 19.1.